The van der Waals surface area contributed by atoms with Gasteiger partial charge in [-0.25, -0.2) is 0 Å². The minimum absolute atomic E-state index is 0.0204. The van der Waals surface area contributed by atoms with Gasteiger partial charge >= 0.3 is 0 Å². The lowest BCUT2D eigenvalue weighted by molar-refractivity contribution is 0.245. The van der Waals surface area contributed by atoms with Gasteiger partial charge in [0.1, 0.15) is 0 Å². The molecule has 4 heteroatoms. The van der Waals surface area contributed by atoms with Crippen molar-refractivity contribution in [3.63, 3.8) is 0 Å². The number of aryl methyl sites for hydroxylation is 1. The highest BCUT2D eigenvalue weighted by Crippen LogP contribution is 2.64. The fraction of sp³-hybridized carbons (Fsp3) is 0.172. The van der Waals surface area contributed by atoms with Crippen molar-refractivity contribution in [2.75, 3.05) is 14.7 Å². The molecule has 2 atom stereocenters. The maximum Gasteiger partial charge on any atom is 0.252 e. The van der Waals surface area contributed by atoms with E-state index in [0.29, 0.717) is 0 Å². The van der Waals surface area contributed by atoms with Gasteiger partial charge in [0.2, 0.25) is 0 Å². The minimum Gasteiger partial charge on any atom is -0.330 e. The fourth-order valence-corrected chi connectivity index (χ4v) is 11.8. The van der Waals surface area contributed by atoms with Gasteiger partial charge in [0.05, 0.1) is 11.2 Å². The number of nitrogens with zero attached hydrogens (tertiary/aromatic N) is 3. The molecule has 3 heterocycles. The quantitative estimate of drug-likeness (QED) is 0.164. The van der Waals surface area contributed by atoms with Crippen LogP contribution in [-0.4, -0.2) is 6.71 Å². The van der Waals surface area contributed by atoms with Crippen LogP contribution in [-0.2, 0) is 22.8 Å². The summed E-state index contributed by atoms with van der Waals surface area (Å²) < 4.78 is 0. The summed E-state index contributed by atoms with van der Waals surface area (Å²) in [5.41, 5.74) is 21.3. The Labute approximate surface area is 367 Å². The Bertz CT molecular complexity index is 3080. The minimum atomic E-state index is -0.350. The van der Waals surface area contributed by atoms with E-state index < -0.39 is 0 Å². The Morgan fingerprint density at radius 1 is 0.484 bits per heavy atom. The Kier molecular flexibility index (Phi) is 7.98. The van der Waals surface area contributed by atoms with Crippen LogP contribution >= 0.6 is 0 Å². The zero-order valence-electron chi connectivity index (χ0n) is 36.2. The van der Waals surface area contributed by atoms with Gasteiger partial charge in [-0.2, -0.15) is 0 Å². The highest BCUT2D eigenvalue weighted by atomic mass is 15.3. The monoisotopic (exact) mass is 799 g/mol. The second-order valence-electron chi connectivity index (χ2n) is 19.2. The van der Waals surface area contributed by atoms with E-state index in [4.69, 9.17) is 0 Å². The van der Waals surface area contributed by atoms with E-state index in [1.54, 1.807) is 0 Å². The van der Waals surface area contributed by atoms with Gasteiger partial charge in [-0.1, -0.05) is 161 Å². The number of hydrogen-bond donors (Lipinski definition) is 0. The molecule has 4 aliphatic rings. The second-order valence-corrected chi connectivity index (χ2v) is 19.2. The van der Waals surface area contributed by atoms with Crippen LogP contribution in [0.4, 0.5) is 45.5 Å². The number of benzene rings is 8. The van der Waals surface area contributed by atoms with Crippen LogP contribution in [0, 0.1) is 0 Å². The third-order valence-corrected chi connectivity index (χ3v) is 15.0. The van der Waals surface area contributed by atoms with Gasteiger partial charge in [-0.3, -0.25) is 0 Å². The lowest BCUT2D eigenvalue weighted by Crippen LogP contribution is -2.61. The van der Waals surface area contributed by atoms with Gasteiger partial charge < -0.3 is 14.7 Å². The van der Waals surface area contributed by atoms with Gasteiger partial charge in [-0.15, -0.1) is 0 Å². The van der Waals surface area contributed by atoms with Crippen molar-refractivity contribution in [2.45, 2.75) is 63.8 Å². The predicted molar refractivity (Wildman–Crippen MR) is 263 cm³/mol. The molecule has 0 fully saturated rings. The van der Waals surface area contributed by atoms with E-state index in [1.165, 1.54) is 89.6 Å². The summed E-state index contributed by atoms with van der Waals surface area (Å²) in [5.74, 6) is 0. The van der Waals surface area contributed by atoms with Crippen LogP contribution in [0.15, 0.2) is 188 Å². The molecule has 0 bridgehead atoms. The summed E-state index contributed by atoms with van der Waals surface area (Å²) in [7, 11) is 0. The molecule has 8 aromatic rings. The summed E-state index contributed by atoms with van der Waals surface area (Å²) >= 11 is 0. The summed E-state index contributed by atoms with van der Waals surface area (Å²) in [5, 5.41) is 0. The SMILES string of the molecule is CC(C)(C)c1ccc(N2c3ccccc3B3c4ccccc4N(c4ccccc4)c4cc(N5c6ccccc6C6(C)CCc7ccccc7C56C)cc2c43)c(-c2ccccc2)c1. The van der Waals surface area contributed by atoms with E-state index in [2.05, 4.69) is 237 Å². The summed E-state index contributed by atoms with van der Waals surface area (Å²) in [6, 6.07) is 71.1. The van der Waals surface area contributed by atoms with Crippen molar-refractivity contribution in [3.8, 4) is 11.1 Å². The van der Waals surface area contributed by atoms with E-state index in [0.717, 1.165) is 18.5 Å². The van der Waals surface area contributed by atoms with Crippen LogP contribution in [0.2, 0.25) is 0 Å². The number of anilines is 8. The fourth-order valence-electron chi connectivity index (χ4n) is 11.8. The normalized spacial score (nSPS) is 19.2. The molecule has 0 spiro atoms. The van der Waals surface area contributed by atoms with Crippen molar-refractivity contribution < 1.29 is 0 Å². The second kappa shape index (κ2) is 13.4. The van der Waals surface area contributed by atoms with Gasteiger partial charge in [0, 0.05) is 50.8 Å². The average molecular weight is 800 g/mol. The first-order valence-corrected chi connectivity index (χ1v) is 22.4. The maximum absolute atomic E-state index is 2.73. The number of hydrogen-bond acceptors (Lipinski definition) is 3. The Hall–Kier alpha value is -6.78. The van der Waals surface area contributed by atoms with E-state index in [9.17, 15) is 0 Å². The first kappa shape index (κ1) is 37.0. The zero-order valence-corrected chi connectivity index (χ0v) is 36.2. The van der Waals surface area contributed by atoms with Gasteiger partial charge in [-0.05, 0) is 124 Å². The first-order valence-electron chi connectivity index (χ1n) is 22.4. The predicted octanol–water partition coefficient (Wildman–Crippen LogP) is 13.0. The third kappa shape index (κ3) is 5.07. The lowest BCUT2D eigenvalue weighted by Gasteiger charge is -2.52. The Morgan fingerprint density at radius 2 is 1.05 bits per heavy atom. The first-order chi connectivity index (χ1) is 30.2. The average Bonchev–Trinajstić information content (AvgIpc) is 3.52. The van der Waals surface area contributed by atoms with Crippen LogP contribution in [0.5, 0.6) is 0 Å². The lowest BCUT2D eigenvalue weighted by atomic mass is 9.33. The molecule has 0 saturated carbocycles. The van der Waals surface area contributed by atoms with E-state index >= 15 is 0 Å². The number of para-hydroxylation sites is 4. The highest BCUT2D eigenvalue weighted by molar-refractivity contribution is 7.00. The molecule has 12 rings (SSSR count). The van der Waals surface area contributed by atoms with Crippen molar-refractivity contribution in [3.05, 3.63) is 210 Å². The smallest absolute Gasteiger partial charge is 0.252 e. The summed E-state index contributed by atoms with van der Waals surface area (Å²) in [6.07, 6.45) is 2.15. The van der Waals surface area contributed by atoms with Crippen molar-refractivity contribution in [1.29, 1.82) is 0 Å². The van der Waals surface area contributed by atoms with Crippen LogP contribution in [0.1, 0.15) is 63.3 Å². The summed E-state index contributed by atoms with van der Waals surface area (Å²) in [6.45, 7) is 12.0. The molecule has 3 aliphatic heterocycles. The zero-order chi connectivity index (χ0) is 42.0. The van der Waals surface area contributed by atoms with Crippen LogP contribution in [0.25, 0.3) is 11.1 Å². The molecular formula is C58H50BN3. The molecule has 1 aliphatic carbocycles. The van der Waals surface area contributed by atoms with Crippen molar-refractivity contribution in [2.24, 2.45) is 0 Å². The molecule has 8 aromatic carbocycles. The summed E-state index contributed by atoms with van der Waals surface area (Å²) in [4.78, 5) is 7.88. The van der Waals surface area contributed by atoms with E-state index in [-0.39, 0.29) is 23.1 Å². The van der Waals surface area contributed by atoms with Crippen LogP contribution < -0.4 is 31.1 Å². The molecule has 300 valence electrons. The molecule has 0 radical (unpaired) electrons. The van der Waals surface area contributed by atoms with Crippen LogP contribution in [0.3, 0.4) is 0 Å². The number of rotatable bonds is 4. The molecule has 0 N–H and O–H groups in total. The maximum atomic E-state index is 2.73. The molecule has 62 heavy (non-hydrogen) atoms. The van der Waals surface area contributed by atoms with Crippen molar-refractivity contribution in [1.82, 2.24) is 0 Å². The van der Waals surface area contributed by atoms with Crippen molar-refractivity contribution >= 4 is 68.6 Å². The molecule has 0 saturated heterocycles. The van der Waals surface area contributed by atoms with Gasteiger partial charge in [0.25, 0.3) is 6.71 Å². The largest absolute Gasteiger partial charge is 0.330 e. The Morgan fingerprint density at radius 3 is 1.74 bits per heavy atom. The van der Waals surface area contributed by atoms with E-state index in [1.807, 2.05) is 0 Å². The topological polar surface area (TPSA) is 9.72 Å². The Balaban J connectivity index is 1.22. The molecule has 2 unspecified atom stereocenters. The molecule has 0 aromatic heterocycles. The standard InChI is InChI=1S/C58H50BN3/c1-56(2,3)41-32-33-49(44(36-41)39-20-8-6-9-21-39)61-52-31-19-16-28-48(52)59-47-27-15-18-30-51(47)60(42-23-10-7-11-24-42)53-37-43(38-54(61)55(53)59)62-50-29-17-14-26-46(50)57(4)35-34-40-22-12-13-25-45(40)58(57,62)5/h6-33,36-38H,34-35H2,1-5H3. The number of fused-ring (bicyclic) bond motifs is 9. The molecular weight excluding hydrogens is 749 g/mol. The highest BCUT2D eigenvalue weighted by Gasteiger charge is 2.60. The molecule has 0 amide bonds. The van der Waals surface area contributed by atoms with Gasteiger partial charge in [0.15, 0.2) is 0 Å². The third-order valence-electron chi connectivity index (χ3n) is 15.0. The molecule has 3 nitrogen and oxygen atoms in total.